The average molecular weight is 235 g/mol. The van der Waals surface area contributed by atoms with Crippen molar-refractivity contribution in [3.8, 4) is 0 Å². The molecular formula is C8H9BrClN. The largest absolute Gasteiger partial charge is 0.260 e. The van der Waals surface area contributed by atoms with Gasteiger partial charge in [0.05, 0.1) is 5.02 Å². The predicted octanol–water partition coefficient (Wildman–Crippen LogP) is 3.06. The molecule has 1 aromatic rings. The van der Waals surface area contributed by atoms with Gasteiger partial charge in [-0.2, -0.15) is 0 Å². The lowest BCUT2D eigenvalue weighted by molar-refractivity contribution is 0.914. The predicted molar refractivity (Wildman–Crippen MR) is 51.3 cm³/mol. The van der Waals surface area contributed by atoms with E-state index in [1.807, 2.05) is 12.1 Å². The minimum Gasteiger partial charge on any atom is -0.260 e. The third kappa shape index (κ3) is 3.21. The van der Waals surface area contributed by atoms with Crippen LogP contribution in [0.3, 0.4) is 0 Å². The van der Waals surface area contributed by atoms with Crippen LogP contribution in [0, 0.1) is 0 Å². The highest BCUT2D eigenvalue weighted by Gasteiger charge is 1.98. The van der Waals surface area contributed by atoms with Crippen molar-refractivity contribution in [2.45, 2.75) is 18.2 Å². The van der Waals surface area contributed by atoms with Crippen molar-refractivity contribution >= 4 is 27.5 Å². The first kappa shape index (κ1) is 9.01. The van der Waals surface area contributed by atoms with Gasteiger partial charge in [-0.25, -0.2) is 0 Å². The fraction of sp³-hybridized carbons (Fsp3) is 0.375. The van der Waals surface area contributed by atoms with Crippen molar-refractivity contribution in [3.05, 3.63) is 29.0 Å². The van der Waals surface area contributed by atoms with Gasteiger partial charge in [-0.15, -0.1) is 0 Å². The Balaban J connectivity index is 2.66. The first-order chi connectivity index (χ1) is 5.18. The zero-order valence-corrected chi connectivity index (χ0v) is 8.56. The Morgan fingerprint density at radius 3 is 2.82 bits per heavy atom. The van der Waals surface area contributed by atoms with Crippen LogP contribution in [0.25, 0.3) is 0 Å². The molecule has 0 aliphatic heterocycles. The molecule has 1 heterocycles. The molecule has 0 bridgehead atoms. The molecule has 1 rings (SSSR count). The molecule has 0 fully saturated rings. The molecule has 1 aromatic heterocycles. The van der Waals surface area contributed by atoms with Crippen LogP contribution in [0.2, 0.25) is 5.02 Å². The van der Waals surface area contributed by atoms with Gasteiger partial charge in [0.1, 0.15) is 0 Å². The second-order valence-electron chi connectivity index (χ2n) is 2.45. The number of aromatic nitrogens is 1. The molecule has 0 aliphatic rings. The first-order valence-electron chi connectivity index (χ1n) is 3.43. The highest BCUT2D eigenvalue weighted by molar-refractivity contribution is 9.09. The van der Waals surface area contributed by atoms with Crippen LogP contribution in [0.1, 0.15) is 12.6 Å². The van der Waals surface area contributed by atoms with Crippen LogP contribution in [0.5, 0.6) is 0 Å². The van der Waals surface area contributed by atoms with Crippen molar-refractivity contribution in [2.24, 2.45) is 0 Å². The van der Waals surface area contributed by atoms with Gasteiger partial charge >= 0.3 is 0 Å². The molecule has 0 radical (unpaired) electrons. The van der Waals surface area contributed by atoms with Crippen molar-refractivity contribution in [1.82, 2.24) is 4.98 Å². The number of hydrogen-bond donors (Lipinski definition) is 0. The summed E-state index contributed by atoms with van der Waals surface area (Å²) in [6.07, 6.45) is 2.61. The minimum absolute atomic E-state index is 0.469. The van der Waals surface area contributed by atoms with E-state index in [4.69, 9.17) is 11.6 Å². The van der Waals surface area contributed by atoms with E-state index in [1.165, 1.54) is 0 Å². The van der Waals surface area contributed by atoms with Gasteiger partial charge in [0.2, 0.25) is 0 Å². The molecule has 0 amide bonds. The Morgan fingerprint density at radius 1 is 1.64 bits per heavy atom. The molecule has 0 spiro atoms. The maximum absolute atomic E-state index is 5.67. The Hall–Kier alpha value is -0.0800. The molecular weight excluding hydrogens is 225 g/mol. The van der Waals surface area contributed by atoms with Gasteiger partial charge in [-0.05, 0) is 12.1 Å². The van der Waals surface area contributed by atoms with Crippen molar-refractivity contribution in [2.75, 3.05) is 0 Å². The summed E-state index contributed by atoms with van der Waals surface area (Å²) in [7, 11) is 0. The molecule has 1 nitrogen and oxygen atoms in total. The van der Waals surface area contributed by atoms with E-state index < -0.39 is 0 Å². The molecule has 1 unspecified atom stereocenters. The number of alkyl halides is 1. The maximum Gasteiger partial charge on any atom is 0.0589 e. The van der Waals surface area contributed by atoms with Gasteiger partial charge in [0.25, 0.3) is 0 Å². The Bertz CT molecular complexity index is 220. The summed E-state index contributed by atoms with van der Waals surface area (Å²) in [4.78, 5) is 4.63. The SMILES string of the molecule is CC(Br)Cc1ccc(Cl)cn1. The molecule has 0 aliphatic carbocycles. The second kappa shape index (κ2) is 4.07. The summed E-state index contributed by atoms with van der Waals surface area (Å²) in [5.41, 5.74) is 1.07. The van der Waals surface area contributed by atoms with Gasteiger partial charge in [0.15, 0.2) is 0 Å². The van der Waals surface area contributed by atoms with E-state index in [0.29, 0.717) is 9.85 Å². The molecule has 0 saturated heterocycles. The number of halogens is 2. The van der Waals surface area contributed by atoms with Crippen LogP contribution >= 0.6 is 27.5 Å². The lowest BCUT2D eigenvalue weighted by atomic mass is 10.2. The van der Waals surface area contributed by atoms with Crippen LogP contribution in [0.4, 0.5) is 0 Å². The normalized spacial score (nSPS) is 13.0. The maximum atomic E-state index is 5.67. The summed E-state index contributed by atoms with van der Waals surface area (Å²) in [5, 5.41) is 0.691. The lowest BCUT2D eigenvalue weighted by Crippen LogP contribution is -1.98. The van der Waals surface area contributed by atoms with Crippen LogP contribution in [-0.4, -0.2) is 9.81 Å². The summed E-state index contributed by atoms with van der Waals surface area (Å²) in [6.45, 7) is 2.09. The standard InChI is InChI=1S/C8H9BrClN/c1-6(9)4-8-3-2-7(10)5-11-8/h2-3,5-6H,4H2,1H3. The highest BCUT2D eigenvalue weighted by atomic mass is 79.9. The van der Waals surface area contributed by atoms with Crippen LogP contribution in [-0.2, 0) is 6.42 Å². The van der Waals surface area contributed by atoms with E-state index >= 15 is 0 Å². The summed E-state index contributed by atoms with van der Waals surface area (Å²) < 4.78 is 0. The number of nitrogens with zero attached hydrogens (tertiary/aromatic N) is 1. The fourth-order valence-corrected chi connectivity index (χ4v) is 1.26. The van der Waals surface area contributed by atoms with E-state index in [1.54, 1.807) is 6.20 Å². The van der Waals surface area contributed by atoms with Crippen molar-refractivity contribution in [1.29, 1.82) is 0 Å². The topological polar surface area (TPSA) is 12.9 Å². The summed E-state index contributed by atoms with van der Waals surface area (Å²) in [5.74, 6) is 0. The van der Waals surface area contributed by atoms with E-state index in [-0.39, 0.29) is 0 Å². The van der Waals surface area contributed by atoms with E-state index in [0.717, 1.165) is 12.1 Å². The summed E-state index contributed by atoms with van der Waals surface area (Å²) >= 11 is 9.13. The average Bonchev–Trinajstić information content (AvgIpc) is 1.93. The molecule has 0 saturated carbocycles. The molecule has 3 heteroatoms. The highest BCUT2D eigenvalue weighted by Crippen LogP contribution is 2.10. The monoisotopic (exact) mass is 233 g/mol. The number of hydrogen-bond acceptors (Lipinski definition) is 1. The number of pyridine rings is 1. The molecule has 0 aromatic carbocycles. The van der Waals surface area contributed by atoms with Gasteiger partial charge in [-0.1, -0.05) is 34.5 Å². The van der Waals surface area contributed by atoms with Gasteiger partial charge in [0, 0.05) is 23.1 Å². The minimum atomic E-state index is 0.469. The Morgan fingerprint density at radius 2 is 2.36 bits per heavy atom. The Labute approximate surface area is 79.9 Å². The Kier molecular flexibility index (Phi) is 3.34. The van der Waals surface area contributed by atoms with E-state index in [2.05, 4.69) is 27.8 Å². The van der Waals surface area contributed by atoms with Gasteiger partial charge in [-0.3, -0.25) is 4.98 Å². The molecule has 60 valence electrons. The second-order valence-corrected chi connectivity index (χ2v) is 4.45. The molecule has 0 N–H and O–H groups in total. The molecule has 1 atom stereocenters. The third-order valence-electron chi connectivity index (χ3n) is 1.28. The first-order valence-corrected chi connectivity index (χ1v) is 4.72. The van der Waals surface area contributed by atoms with Crippen LogP contribution < -0.4 is 0 Å². The third-order valence-corrected chi connectivity index (χ3v) is 1.83. The zero-order valence-electron chi connectivity index (χ0n) is 6.22. The van der Waals surface area contributed by atoms with E-state index in [9.17, 15) is 0 Å². The molecule has 11 heavy (non-hydrogen) atoms. The smallest absolute Gasteiger partial charge is 0.0589 e. The van der Waals surface area contributed by atoms with Gasteiger partial charge < -0.3 is 0 Å². The fourth-order valence-electron chi connectivity index (χ4n) is 0.815. The lowest BCUT2D eigenvalue weighted by Gasteiger charge is -2.01. The van der Waals surface area contributed by atoms with Crippen LogP contribution in [0.15, 0.2) is 18.3 Å². The summed E-state index contributed by atoms with van der Waals surface area (Å²) in [6, 6.07) is 3.80. The quantitative estimate of drug-likeness (QED) is 0.717. The van der Waals surface area contributed by atoms with Crippen molar-refractivity contribution in [3.63, 3.8) is 0 Å². The zero-order chi connectivity index (χ0) is 8.27. The van der Waals surface area contributed by atoms with Crippen molar-refractivity contribution < 1.29 is 0 Å². The number of rotatable bonds is 2.